The molecule has 2 aromatic carbocycles. The molecule has 2 aromatic rings. The monoisotopic (exact) mass is 299 g/mol. The molecule has 0 aliphatic carbocycles. The number of methoxy groups -OCH3 is 1. The van der Waals surface area contributed by atoms with Crippen molar-refractivity contribution in [3.63, 3.8) is 0 Å². The van der Waals surface area contributed by atoms with E-state index in [4.69, 9.17) is 9.47 Å². The molecule has 2 rings (SSSR count). The Hall–Kier alpha value is -2.49. The van der Waals surface area contributed by atoms with E-state index in [9.17, 15) is 4.79 Å². The Kier molecular flexibility index (Phi) is 5.83. The van der Waals surface area contributed by atoms with Crippen LogP contribution in [0.25, 0.3) is 0 Å². The molecule has 1 N–H and O–H groups in total. The van der Waals surface area contributed by atoms with Crippen LogP contribution in [-0.2, 0) is 0 Å². The van der Waals surface area contributed by atoms with Crippen molar-refractivity contribution in [2.75, 3.05) is 19.0 Å². The summed E-state index contributed by atoms with van der Waals surface area (Å²) in [7, 11) is 1.58. The molecule has 0 aliphatic rings. The van der Waals surface area contributed by atoms with E-state index in [1.807, 2.05) is 24.3 Å². The van der Waals surface area contributed by atoms with Crippen molar-refractivity contribution >= 4 is 11.6 Å². The Bertz CT molecular complexity index is 608. The molecule has 0 unspecified atom stereocenters. The fraction of sp³-hybridized carbons (Fsp3) is 0.278. The largest absolute Gasteiger partial charge is 0.495 e. The van der Waals surface area contributed by atoms with Gasteiger partial charge in [0.2, 0.25) is 0 Å². The van der Waals surface area contributed by atoms with Gasteiger partial charge in [-0.3, -0.25) is 4.79 Å². The number of hydrogen-bond acceptors (Lipinski definition) is 3. The van der Waals surface area contributed by atoms with Gasteiger partial charge in [0, 0.05) is 5.56 Å². The predicted molar refractivity (Wildman–Crippen MR) is 87.8 cm³/mol. The first kappa shape index (κ1) is 15.9. The maximum absolute atomic E-state index is 12.2. The number of benzene rings is 2. The van der Waals surface area contributed by atoms with Crippen LogP contribution in [0.1, 0.15) is 30.1 Å². The van der Waals surface area contributed by atoms with Crippen molar-refractivity contribution in [2.24, 2.45) is 0 Å². The van der Waals surface area contributed by atoms with Crippen molar-refractivity contribution in [3.05, 3.63) is 54.1 Å². The smallest absolute Gasteiger partial charge is 0.255 e. The van der Waals surface area contributed by atoms with E-state index < -0.39 is 0 Å². The van der Waals surface area contributed by atoms with E-state index in [0.717, 1.165) is 18.6 Å². The summed E-state index contributed by atoms with van der Waals surface area (Å²) in [5, 5.41) is 2.84. The fourth-order valence-electron chi connectivity index (χ4n) is 1.98. The van der Waals surface area contributed by atoms with Gasteiger partial charge in [0.1, 0.15) is 11.5 Å². The Balaban J connectivity index is 2.00. The molecule has 0 spiro atoms. The number of para-hydroxylation sites is 2. The zero-order valence-electron chi connectivity index (χ0n) is 13.0. The second-order valence-electron chi connectivity index (χ2n) is 4.88. The zero-order valence-corrected chi connectivity index (χ0v) is 13.0. The van der Waals surface area contributed by atoms with Gasteiger partial charge in [0.15, 0.2) is 0 Å². The Morgan fingerprint density at radius 1 is 1.09 bits per heavy atom. The average Bonchev–Trinajstić information content (AvgIpc) is 2.56. The third-order valence-electron chi connectivity index (χ3n) is 3.24. The first-order chi connectivity index (χ1) is 10.7. The molecule has 22 heavy (non-hydrogen) atoms. The summed E-state index contributed by atoms with van der Waals surface area (Å²) in [6, 6.07) is 14.5. The third-order valence-corrected chi connectivity index (χ3v) is 3.24. The summed E-state index contributed by atoms with van der Waals surface area (Å²) >= 11 is 0. The van der Waals surface area contributed by atoms with Crippen LogP contribution < -0.4 is 14.8 Å². The number of unbranched alkanes of at least 4 members (excludes halogenated alkanes) is 1. The third kappa shape index (κ3) is 4.25. The zero-order chi connectivity index (χ0) is 15.8. The van der Waals surface area contributed by atoms with Crippen LogP contribution in [0.5, 0.6) is 11.5 Å². The molecule has 1 amide bonds. The minimum Gasteiger partial charge on any atom is -0.495 e. The fourth-order valence-corrected chi connectivity index (χ4v) is 1.98. The molecule has 0 aromatic heterocycles. The van der Waals surface area contributed by atoms with E-state index in [1.165, 1.54) is 0 Å². The predicted octanol–water partition coefficient (Wildman–Crippen LogP) is 4.13. The number of hydrogen-bond donors (Lipinski definition) is 1. The number of carbonyl (C=O) groups is 1. The number of amides is 1. The molecule has 116 valence electrons. The van der Waals surface area contributed by atoms with Gasteiger partial charge < -0.3 is 14.8 Å². The first-order valence-electron chi connectivity index (χ1n) is 7.42. The molecule has 0 aliphatic heterocycles. The lowest BCUT2D eigenvalue weighted by atomic mass is 10.2. The number of anilines is 1. The van der Waals surface area contributed by atoms with Gasteiger partial charge in [0.25, 0.3) is 5.91 Å². The summed E-state index contributed by atoms with van der Waals surface area (Å²) in [5.41, 5.74) is 1.23. The van der Waals surface area contributed by atoms with Gasteiger partial charge in [-0.15, -0.1) is 0 Å². The number of ether oxygens (including phenoxy) is 2. The van der Waals surface area contributed by atoms with Gasteiger partial charge in [-0.25, -0.2) is 0 Å². The van der Waals surface area contributed by atoms with Gasteiger partial charge in [-0.1, -0.05) is 25.5 Å². The van der Waals surface area contributed by atoms with E-state index in [1.54, 1.807) is 31.4 Å². The van der Waals surface area contributed by atoms with Crippen molar-refractivity contribution in [2.45, 2.75) is 19.8 Å². The molecule has 0 saturated heterocycles. The summed E-state index contributed by atoms with van der Waals surface area (Å²) in [6.45, 7) is 2.82. The molecule has 0 fully saturated rings. The van der Waals surface area contributed by atoms with Gasteiger partial charge in [-0.2, -0.15) is 0 Å². The topological polar surface area (TPSA) is 47.6 Å². The second-order valence-corrected chi connectivity index (χ2v) is 4.88. The number of nitrogens with one attached hydrogen (secondary N) is 1. The van der Waals surface area contributed by atoms with E-state index >= 15 is 0 Å². The molecule has 0 bridgehead atoms. The highest BCUT2D eigenvalue weighted by atomic mass is 16.5. The quantitative estimate of drug-likeness (QED) is 0.782. The number of carbonyl (C=O) groups excluding carboxylic acids is 1. The van der Waals surface area contributed by atoms with Crippen LogP contribution in [0.3, 0.4) is 0 Å². The molecular weight excluding hydrogens is 278 g/mol. The van der Waals surface area contributed by atoms with E-state index in [0.29, 0.717) is 23.6 Å². The molecule has 4 nitrogen and oxygen atoms in total. The highest BCUT2D eigenvalue weighted by molar-refractivity contribution is 6.05. The van der Waals surface area contributed by atoms with Crippen molar-refractivity contribution in [1.29, 1.82) is 0 Å². The van der Waals surface area contributed by atoms with Gasteiger partial charge in [0.05, 0.1) is 19.4 Å². The van der Waals surface area contributed by atoms with Crippen LogP contribution in [0.15, 0.2) is 48.5 Å². The summed E-state index contributed by atoms with van der Waals surface area (Å²) in [5.74, 6) is 1.24. The summed E-state index contributed by atoms with van der Waals surface area (Å²) < 4.78 is 10.8. The molecule has 4 heteroatoms. The Labute approximate surface area is 131 Å². The van der Waals surface area contributed by atoms with Crippen LogP contribution in [0.4, 0.5) is 5.69 Å². The minimum absolute atomic E-state index is 0.176. The standard InChI is InChI=1S/C18H21NO3/c1-3-4-13-22-15-11-9-14(10-12-15)18(20)19-16-7-5-6-8-17(16)21-2/h5-12H,3-4,13H2,1-2H3,(H,19,20). The van der Waals surface area contributed by atoms with Crippen molar-refractivity contribution in [1.82, 2.24) is 0 Å². The SMILES string of the molecule is CCCCOc1ccc(C(=O)Nc2ccccc2OC)cc1. The highest BCUT2D eigenvalue weighted by Crippen LogP contribution is 2.24. The Morgan fingerprint density at radius 2 is 1.82 bits per heavy atom. The van der Waals surface area contributed by atoms with Crippen LogP contribution in [0, 0.1) is 0 Å². The number of rotatable bonds is 7. The van der Waals surface area contributed by atoms with Crippen molar-refractivity contribution < 1.29 is 14.3 Å². The average molecular weight is 299 g/mol. The summed E-state index contributed by atoms with van der Waals surface area (Å²) in [4.78, 5) is 12.2. The molecule has 0 radical (unpaired) electrons. The normalized spacial score (nSPS) is 10.1. The van der Waals surface area contributed by atoms with Crippen molar-refractivity contribution in [3.8, 4) is 11.5 Å². The lowest BCUT2D eigenvalue weighted by molar-refractivity contribution is 0.102. The van der Waals surface area contributed by atoms with E-state index in [-0.39, 0.29) is 5.91 Å². The molecule has 0 heterocycles. The minimum atomic E-state index is -0.176. The maximum Gasteiger partial charge on any atom is 0.255 e. The molecular formula is C18H21NO3. The summed E-state index contributed by atoms with van der Waals surface area (Å²) in [6.07, 6.45) is 2.12. The lowest BCUT2D eigenvalue weighted by Crippen LogP contribution is -2.12. The van der Waals surface area contributed by atoms with Gasteiger partial charge >= 0.3 is 0 Å². The van der Waals surface area contributed by atoms with Crippen LogP contribution >= 0.6 is 0 Å². The van der Waals surface area contributed by atoms with Crippen LogP contribution in [-0.4, -0.2) is 19.6 Å². The van der Waals surface area contributed by atoms with Gasteiger partial charge in [-0.05, 0) is 42.8 Å². The molecule has 0 saturated carbocycles. The highest BCUT2D eigenvalue weighted by Gasteiger charge is 2.09. The van der Waals surface area contributed by atoms with E-state index in [2.05, 4.69) is 12.2 Å². The van der Waals surface area contributed by atoms with Crippen LogP contribution in [0.2, 0.25) is 0 Å². The lowest BCUT2D eigenvalue weighted by Gasteiger charge is -2.10. The Morgan fingerprint density at radius 3 is 2.50 bits per heavy atom. The second kappa shape index (κ2) is 8.08. The maximum atomic E-state index is 12.2. The first-order valence-corrected chi connectivity index (χ1v) is 7.42. The molecule has 0 atom stereocenters.